The molecule has 112 valence electrons. The highest BCUT2D eigenvalue weighted by atomic mass is 32.1. The van der Waals surface area contributed by atoms with E-state index in [9.17, 15) is 4.79 Å². The van der Waals surface area contributed by atoms with Crippen LogP contribution in [0.2, 0.25) is 0 Å². The van der Waals surface area contributed by atoms with Gasteiger partial charge in [-0.25, -0.2) is 4.98 Å². The standard InChI is InChI=1S/C16H20N2O2S/c1-10(2)20-14-7-5-13(6-8-14)18-16(19)9-15-11(3)17-12(4)21-15/h5-8,10H,9H2,1-4H3,(H,18,19). The topological polar surface area (TPSA) is 51.2 Å². The number of aromatic nitrogens is 1. The van der Waals surface area contributed by atoms with Crippen LogP contribution in [0.25, 0.3) is 0 Å². The first-order chi connectivity index (χ1) is 9.94. The number of nitrogens with one attached hydrogen (secondary N) is 1. The summed E-state index contributed by atoms with van der Waals surface area (Å²) in [6, 6.07) is 7.41. The van der Waals surface area contributed by atoms with Crippen molar-refractivity contribution in [3.8, 4) is 5.75 Å². The van der Waals surface area contributed by atoms with Gasteiger partial charge in [-0.3, -0.25) is 4.79 Å². The first kappa shape index (κ1) is 15.5. The van der Waals surface area contributed by atoms with Crippen molar-refractivity contribution in [1.82, 2.24) is 4.98 Å². The number of amides is 1. The van der Waals surface area contributed by atoms with Crippen LogP contribution in [0.5, 0.6) is 5.75 Å². The molecule has 0 fully saturated rings. The third-order valence-electron chi connectivity index (χ3n) is 2.83. The van der Waals surface area contributed by atoms with Crippen LogP contribution in [-0.4, -0.2) is 17.0 Å². The molecular formula is C16H20N2O2S. The average molecular weight is 304 g/mol. The van der Waals surface area contributed by atoms with Crippen molar-refractivity contribution in [2.75, 3.05) is 5.32 Å². The van der Waals surface area contributed by atoms with E-state index in [0.29, 0.717) is 6.42 Å². The molecule has 1 heterocycles. The third-order valence-corrected chi connectivity index (χ3v) is 3.90. The van der Waals surface area contributed by atoms with Crippen molar-refractivity contribution in [3.63, 3.8) is 0 Å². The highest BCUT2D eigenvalue weighted by Gasteiger charge is 2.10. The smallest absolute Gasteiger partial charge is 0.229 e. The molecule has 4 nitrogen and oxygen atoms in total. The molecule has 0 atom stereocenters. The van der Waals surface area contributed by atoms with Crippen LogP contribution in [0.4, 0.5) is 5.69 Å². The molecule has 0 saturated carbocycles. The fourth-order valence-corrected chi connectivity index (χ4v) is 2.91. The molecule has 0 aliphatic heterocycles. The van der Waals surface area contributed by atoms with Crippen LogP contribution in [0.1, 0.15) is 29.4 Å². The second-order valence-corrected chi connectivity index (χ2v) is 6.45. The van der Waals surface area contributed by atoms with Gasteiger partial charge in [-0.05, 0) is 52.0 Å². The number of anilines is 1. The van der Waals surface area contributed by atoms with Crippen LogP contribution in [0.3, 0.4) is 0 Å². The maximum absolute atomic E-state index is 12.0. The van der Waals surface area contributed by atoms with Crippen molar-refractivity contribution < 1.29 is 9.53 Å². The number of aryl methyl sites for hydroxylation is 2. The first-order valence-electron chi connectivity index (χ1n) is 6.93. The number of carbonyl (C=O) groups excluding carboxylic acids is 1. The van der Waals surface area contributed by atoms with Crippen molar-refractivity contribution in [1.29, 1.82) is 0 Å². The fourth-order valence-electron chi connectivity index (χ4n) is 1.98. The third kappa shape index (κ3) is 4.56. The van der Waals surface area contributed by atoms with Gasteiger partial charge < -0.3 is 10.1 Å². The molecule has 21 heavy (non-hydrogen) atoms. The summed E-state index contributed by atoms with van der Waals surface area (Å²) in [5.74, 6) is 0.774. The van der Waals surface area contributed by atoms with Gasteiger partial charge in [0.15, 0.2) is 0 Å². The SMILES string of the molecule is Cc1nc(C)c(CC(=O)Nc2ccc(OC(C)C)cc2)s1. The van der Waals surface area contributed by atoms with Gasteiger partial charge in [0, 0.05) is 10.6 Å². The zero-order chi connectivity index (χ0) is 15.4. The molecule has 0 saturated heterocycles. The Morgan fingerprint density at radius 1 is 1.29 bits per heavy atom. The summed E-state index contributed by atoms with van der Waals surface area (Å²) in [4.78, 5) is 17.4. The minimum Gasteiger partial charge on any atom is -0.491 e. The van der Waals surface area contributed by atoms with E-state index in [1.165, 1.54) is 0 Å². The Morgan fingerprint density at radius 3 is 2.48 bits per heavy atom. The molecule has 1 amide bonds. The van der Waals surface area contributed by atoms with E-state index in [1.54, 1.807) is 11.3 Å². The summed E-state index contributed by atoms with van der Waals surface area (Å²) in [6.07, 6.45) is 0.504. The number of nitrogens with zero attached hydrogens (tertiary/aromatic N) is 1. The predicted molar refractivity (Wildman–Crippen MR) is 86.1 cm³/mol. The van der Waals surface area contributed by atoms with Crippen molar-refractivity contribution >= 4 is 22.9 Å². The lowest BCUT2D eigenvalue weighted by atomic mass is 10.2. The van der Waals surface area contributed by atoms with Gasteiger partial charge in [0.05, 0.1) is 23.2 Å². The van der Waals surface area contributed by atoms with Crippen molar-refractivity contribution in [2.45, 2.75) is 40.2 Å². The summed E-state index contributed by atoms with van der Waals surface area (Å²) in [5, 5.41) is 3.88. The number of hydrogen-bond donors (Lipinski definition) is 1. The predicted octanol–water partition coefficient (Wildman–Crippen LogP) is 3.73. The Kier molecular flexibility index (Phi) is 4.96. The van der Waals surface area contributed by atoms with Gasteiger partial charge in [-0.15, -0.1) is 11.3 Å². The molecule has 1 N–H and O–H groups in total. The van der Waals surface area contributed by atoms with E-state index in [1.807, 2.05) is 52.0 Å². The van der Waals surface area contributed by atoms with Gasteiger partial charge in [0.25, 0.3) is 0 Å². The normalized spacial score (nSPS) is 10.7. The summed E-state index contributed by atoms with van der Waals surface area (Å²) >= 11 is 1.57. The van der Waals surface area contributed by atoms with Gasteiger partial charge in [0.2, 0.25) is 5.91 Å². The number of rotatable bonds is 5. The van der Waals surface area contributed by atoms with Gasteiger partial charge >= 0.3 is 0 Å². The Labute approximate surface area is 129 Å². The number of carbonyl (C=O) groups is 1. The minimum atomic E-state index is -0.0284. The zero-order valence-corrected chi connectivity index (χ0v) is 13.6. The number of benzene rings is 1. The van der Waals surface area contributed by atoms with Crippen molar-refractivity contribution in [3.05, 3.63) is 39.8 Å². The molecule has 2 rings (SSSR count). The van der Waals surface area contributed by atoms with E-state index < -0.39 is 0 Å². The molecule has 5 heteroatoms. The lowest BCUT2D eigenvalue weighted by Crippen LogP contribution is -2.14. The fraction of sp³-hybridized carbons (Fsp3) is 0.375. The molecular weight excluding hydrogens is 284 g/mol. The number of ether oxygens (including phenoxy) is 1. The maximum Gasteiger partial charge on any atom is 0.229 e. The van der Waals surface area contributed by atoms with Gasteiger partial charge in [-0.1, -0.05) is 0 Å². The van der Waals surface area contributed by atoms with Crippen LogP contribution in [-0.2, 0) is 11.2 Å². The van der Waals surface area contributed by atoms with Crippen LogP contribution >= 0.6 is 11.3 Å². The molecule has 0 bridgehead atoms. The second kappa shape index (κ2) is 6.72. The first-order valence-corrected chi connectivity index (χ1v) is 7.75. The van der Waals surface area contributed by atoms with E-state index in [2.05, 4.69) is 10.3 Å². The number of thiazole rings is 1. The second-order valence-electron chi connectivity index (χ2n) is 5.16. The van der Waals surface area contributed by atoms with Crippen LogP contribution < -0.4 is 10.1 Å². The lowest BCUT2D eigenvalue weighted by molar-refractivity contribution is -0.115. The Bertz CT molecular complexity index is 618. The van der Waals surface area contributed by atoms with E-state index in [4.69, 9.17) is 4.74 Å². The van der Waals surface area contributed by atoms with E-state index in [0.717, 1.165) is 27.0 Å². The molecule has 2 aromatic rings. The quantitative estimate of drug-likeness (QED) is 0.915. The summed E-state index contributed by atoms with van der Waals surface area (Å²) in [5.41, 5.74) is 1.71. The van der Waals surface area contributed by atoms with E-state index in [-0.39, 0.29) is 12.0 Å². The van der Waals surface area contributed by atoms with Crippen LogP contribution in [0, 0.1) is 13.8 Å². The molecule has 1 aromatic carbocycles. The summed E-state index contributed by atoms with van der Waals surface area (Å²) in [6.45, 7) is 7.85. The van der Waals surface area contributed by atoms with Crippen LogP contribution in [0.15, 0.2) is 24.3 Å². The molecule has 0 aliphatic rings. The van der Waals surface area contributed by atoms with Crippen molar-refractivity contribution in [2.24, 2.45) is 0 Å². The molecule has 1 aromatic heterocycles. The lowest BCUT2D eigenvalue weighted by Gasteiger charge is -2.10. The Balaban J connectivity index is 1.95. The average Bonchev–Trinajstić information content (AvgIpc) is 2.69. The minimum absolute atomic E-state index is 0.0284. The maximum atomic E-state index is 12.0. The largest absolute Gasteiger partial charge is 0.491 e. The Morgan fingerprint density at radius 2 is 1.95 bits per heavy atom. The summed E-state index contributed by atoms with van der Waals surface area (Å²) in [7, 11) is 0. The monoisotopic (exact) mass is 304 g/mol. The molecule has 0 spiro atoms. The molecule has 0 radical (unpaired) electrons. The molecule has 0 aliphatic carbocycles. The van der Waals surface area contributed by atoms with Gasteiger partial charge in [0.1, 0.15) is 5.75 Å². The highest BCUT2D eigenvalue weighted by Crippen LogP contribution is 2.20. The van der Waals surface area contributed by atoms with Gasteiger partial charge in [-0.2, -0.15) is 0 Å². The van der Waals surface area contributed by atoms with E-state index >= 15 is 0 Å². The molecule has 0 unspecified atom stereocenters. The zero-order valence-electron chi connectivity index (χ0n) is 12.8. The summed E-state index contributed by atoms with van der Waals surface area (Å²) < 4.78 is 5.57. The highest BCUT2D eigenvalue weighted by molar-refractivity contribution is 7.11. The number of hydrogen-bond acceptors (Lipinski definition) is 4. The Hall–Kier alpha value is -1.88.